The Hall–Kier alpha value is -3.22. The van der Waals surface area contributed by atoms with E-state index >= 15 is 0 Å². The summed E-state index contributed by atoms with van der Waals surface area (Å²) in [5.74, 6) is 1.10. The van der Waals surface area contributed by atoms with Crippen LogP contribution >= 0.6 is 0 Å². The van der Waals surface area contributed by atoms with Gasteiger partial charge in [-0.25, -0.2) is 15.2 Å². The Bertz CT molecular complexity index is 790. The van der Waals surface area contributed by atoms with Gasteiger partial charge < -0.3 is 14.9 Å². The fourth-order valence-electron chi connectivity index (χ4n) is 2.46. The fraction of sp³-hybridized carbons (Fsp3) is 0.222. The van der Waals surface area contributed by atoms with Crippen LogP contribution in [0.25, 0.3) is 0 Å². The standard InChI is InChI=1S/C18H20N4O3/c1-18(2)22(20-17(23)19-13-9-5-4-6-10-13)16(21-25-18)14-11-7-8-12-15(14)24-3/h4-12H,1-3H3,(H2,19,20,23). The molecule has 1 aliphatic heterocycles. The summed E-state index contributed by atoms with van der Waals surface area (Å²) in [6, 6.07) is 16.2. The van der Waals surface area contributed by atoms with Gasteiger partial charge in [0.15, 0.2) is 0 Å². The van der Waals surface area contributed by atoms with E-state index in [2.05, 4.69) is 15.9 Å². The number of benzene rings is 2. The van der Waals surface area contributed by atoms with Gasteiger partial charge in [-0.1, -0.05) is 35.5 Å². The minimum Gasteiger partial charge on any atom is -0.496 e. The lowest BCUT2D eigenvalue weighted by Crippen LogP contribution is -2.55. The predicted octanol–water partition coefficient (Wildman–Crippen LogP) is 3.16. The molecular formula is C18H20N4O3. The number of anilines is 1. The lowest BCUT2D eigenvalue weighted by molar-refractivity contribution is -0.0805. The first-order valence-corrected chi connectivity index (χ1v) is 7.84. The SMILES string of the molecule is COc1ccccc1C1=NOC(C)(C)N1NC(=O)Nc1ccccc1. The summed E-state index contributed by atoms with van der Waals surface area (Å²) in [5.41, 5.74) is 3.35. The molecule has 0 bridgehead atoms. The van der Waals surface area contributed by atoms with Gasteiger partial charge in [0.05, 0.1) is 12.7 Å². The highest BCUT2D eigenvalue weighted by Gasteiger charge is 2.40. The number of hydrazine groups is 1. The number of carbonyl (C=O) groups is 1. The van der Waals surface area contributed by atoms with Crippen LogP contribution in [-0.2, 0) is 4.84 Å². The zero-order chi connectivity index (χ0) is 17.9. The van der Waals surface area contributed by atoms with Gasteiger partial charge in [-0.15, -0.1) is 0 Å². The Labute approximate surface area is 146 Å². The van der Waals surface area contributed by atoms with Crippen molar-refractivity contribution in [1.82, 2.24) is 10.4 Å². The summed E-state index contributed by atoms with van der Waals surface area (Å²) < 4.78 is 5.38. The molecular weight excluding hydrogens is 320 g/mol. The quantitative estimate of drug-likeness (QED) is 0.896. The van der Waals surface area contributed by atoms with Crippen molar-refractivity contribution in [2.75, 3.05) is 12.4 Å². The molecule has 2 aromatic carbocycles. The van der Waals surface area contributed by atoms with Crippen molar-refractivity contribution >= 4 is 17.6 Å². The molecule has 3 rings (SSSR count). The molecule has 0 aliphatic carbocycles. The second kappa shape index (κ2) is 6.72. The molecule has 0 aromatic heterocycles. The number of ether oxygens (including phenoxy) is 1. The third-order valence-electron chi connectivity index (χ3n) is 3.70. The number of amides is 2. The number of carbonyl (C=O) groups excluding carboxylic acids is 1. The number of hydrogen-bond acceptors (Lipinski definition) is 5. The van der Waals surface area contributed by atoms with Crippen molar-refractivity contribution in [1.29, 1.82) is 0 Å². The first kappa shape index (κ1) is 16.6. The van der Waals surface area contributed by atoms with Crippen LogP contribution in [0.5, 0.6) is 5.75 Å². The molecule has 0 spiro atoms. The van der Waals surface area contributed by atoms with E-state index in [0.29, 0.717) is 17.3 Å². The zero-order valence-corrected chi connectivity index (χ0v) is 14.3. The highest BCUT2D eigenvalue weighted by molar-refractivity contribution is 6.03. The van der Waals surface area contributed by atoms with Crippen LogP contribution in [0.2, 0.25) is 0 Å². The van der Waals surface area contributed by atoms with E-state index in [1.54, 1.807) is 24.3 Å². The van der Waals surface area contributed by atoms with Crippen molar-refractivity contribution in [2.45, 2.75) is 19.6 Å². The number of hydrogen-bond donors (Lipinski definition) is 2. The number of urea groups is 1. The van der Waals surface area contributed by atoms with Crippen LogP contribution in [0.15, 0.2) is 59.8 Å². The highest BCUT2D eigenvalue weighted by Crippen LogP contribution is 2.29. The maximum absolute atomic E-state index is 12.4. The molecule has 2 aromatic rings. The zero-order valence-electron chi connectivity index (χ0n) is 14.3. The average molecular weight is 340 g/mol. The molecule has 7 nitrogen and oxygen atoms in total. The van der Waals surface area contributed by atoms with Crippen molar-refractivity contribution in [2.24, 2.45) is 5.16 Å². The Morgan fingerprint density at radius 1 is 1.12 bits per heavy atom. The van der Waals surface area contributed by atoms with Gasteiger partial charge in [0, 0.05) is 5.69 Å². The highest BCUT2D eigenvalue weighted by atomic mass is 16.7. The smallest absolute Gasteiger partial charge is 0.338 e. The number of oxime groups is 1. The lowest BCUT2D eigenvalue weighted by atomic mass is 10.1. The van der Waals surface area contributed by atoms with E-state index in [1.807, 2.05) is 56.3 Å². The van der Waals surface area contributed by atoms with Crippen molar-refractivity contribution in [3.8, 4) is 5.75 Å². The average Bonchev–Trinajstić information content (AvgIpc) is 2.90. The van der Waals surface area contributed by atoms with Crippen LogP contribution in [0.3, 0.4) is 0 Å². The summed E-state index contributed by atoms with van der Waals surface area (Å²) in [7, 11) is 1.58. The molecule has 2 N–H and O–H groups in total. The van der Waals surface area contributed by atoms with Crippen LogP contribution in [0.1, 0.15) is 19.4 Å². The maximum atomic E-state index is 12.4. The van der Waals surface area contributed by atoms with Crippen molar-refractivity contribution in [3.05, 3.63) is 60.2 Å². The van der Waals surface area contributed by atoms with E-state index in [1.165, 1.54) is 0 Å². The van der Waals surface area contributed by atoms with Gasteiger partial charge in [0.1, 0.15) is 5.75 Å². The van der Waals surface area contributed by atoms with Gasteiger partial charge >= 0.3 is 6.03 Å². The molecule has 7 heteroatoms. The minimum atomic E-state index is -0.843. The van der Waals surface area contributed by atoms with Gasteiger partial charge in [-0.2, -0.15) is 0 Å². The van der Waals surface area contributed by atoms with Crippen molar-refractivity contribution < 1.29 is 14.4 Å². The van der Waals surface area contributed by atoms with E-state index in [9.17, 15) is 4.79 Å². The summed E-state index contributed by atoms with van der Waals surface area (Å²) in [6.45, 7) is 3.61. The van der Waals surface area contributed by atoms with Crippen LogP contribution < -0.4 is 15.5 Å². The molecule has 0 radical (unpaired) electrons. The summed E-state index contributed by atoms with van der Waals surface area (Å²) in [5, 5.41) is 8.48. The Morgan fingerprint density at radius 2 is 1.80 bits per heavy atom. The van der Waals surface area contributed by atoms with Gasteiger partial charge in [0.25, 0.3) is 0 Å². The number of nitrogens with one attached hydrogen (secondary N) is 2. The van der Waals surface area contributed by atoms with Crippen LogP contribution in [0.4, 0.5) is 10.5 Å². The molecule has 0 atom stereocenters. The van der Waals surface area contributed by atoms with Crippen molar-refractivity contribution in [3.63, 3.8) is 0 Å². The number of amidine groups is 1. The molecule has 130 valence electrons. The second-order valence-corrected chi connectivity index (χ2v) is 5.92. The summed E-state index contributed by atoms with van der Waals surface area (Å²) in [6.07, 6.45) is 0. The second-order valence-electron chi connectivity index (χ2n) is 5.92. The molecule has 25 heavy (non-hydrogen) atoms. The van der Waals surface area contributed by atoms with Gasteiger partial charge in [0.2, 0.25) is 11.6 Å². The van der Waals surface area contributed by atoms with Gasteiger partial charge in [-0.3, -0.25) is 0 Å². The maximum Gasteiger partial charge on any atom is 0.338 e. The van der Waals surface area contributed by atoms with E-state index in [0.717, 1.165) is 5.56 Å². The Balaban J connectivity index is 1.82. The molecule has 1 aliphatic rings. The number of nitrogens with zero attached hydrogens (tertiary/aromatic N) is 2. The molecule has 0 unspecified atom stereocenters. The molecule has 1 heterocycles. The first-order valence-electron chi connectivity index (χ1n) is 7.84. The van der Waals surface area contributed by atoms with E-state index < -0.39 is 11.8 Å². The topological polar surface area (TPSA) is 75.2 Å². The lowest BCUT2D eigenvalue weighted by Gasteiger charge is -2.31. The predicted molar refractivity (Wildman–Crippen MR) is 95.1 cm³/mol. The van der Waals surface area contributed by atoms with Crippen LogP contribution in [0, 0.1) is 0 Å². The van der Waals surface area contributed by atoms with Gasteiger partial charge in [-0.05, 0) is 38.1 Å². The largest absolute Gasteiger partial charge is 0.496 e. The summed E-state index contributed by atoms with van der Waals surface area (Å²) in [4.78, 5) is 17.9. The number of methoxy groups -OCH3 is 1. The third kappa shape index (κ3) is 3.50. The number of para-hydroxylation sites is 2. The van der Waals surface area contributed by atoms with E-state index in [-0.39, 0.29) is 0 Å². The Kier molecular flexibility index (Phi) is 4.47. The normalized spacial score (nSPS) is 15.2. The number of rotatable bonds is 4. The van der Waals surface area contributed by atoms with E-state index in [4.69, 9.17) is 9.57 Å². The molecule has 0 fully saturated rings. The molecule has 0 saturated heterocycles. The first-order chi connectivity index (χ1) is 12.0. The Morgan fingerprint density at radius 3 is 2.52 bits per heavy atom. The minimum absolute atomic E-state index is 0.396. The van der Waals surface area contributed by atoms with Crippen LogP contribution in [-0.4, -0.2) is 29.7 Å². The molecule has 2 amide bonds. The fourth-order valence-corrected chi connectivity index (χ4v) is 2.46. The summed E-state index contributed by atoms with van der Waals surface area (Å²) >= 11 is 0. The molecule has 0 saturated carbocycles. The third-order valence-corrected chi connectivity index (χ3v) is 3.70. The monoisotopic (exact) mass is 340 g/mol.